The van der Waals surface area contributed by atoms with Gasteiger partial charge in [-0.1, -0.05) is 23.7 Å². The molecule has 2 amide bonds. The molecule has 0 radical (unpaired) electrons. The predicted molar refractivity (Wildman–Crippen MR) is 77.5 cm³/mol. The number of carbonyl (C=O) groups excluding carboxylic acids is 1. The van der Waals surface area contributed by atoms with Crippen LogP contribution in [0.5, 0.6) is 0 Å². The van der Waals surface area contributed by atoms with Crippen LogP contribution in [-0.2, 0) is 6.42 Å². The fourth-order valence-corrected chi connectivity index (χ4v) is 1.71. The van der Waals surface area contributed by atoms with E-state index in [9.17, 15) is 4.79 Å². The Morgan fingerprint density at radius 2 is 2.05 bits per heavy atom. The molecule has 0 bridgehead atoms. The van der Waals surface area contributed by atoms with E-state index in [-0.39, 0.29) is 12.1 Å². The Balaban J connectivity index is 2.24. The summed E-state index contributed by atoms with van der Waals surface area (Å²) in [6.45, 7) is 2.84. The summed E-state index contributed by atoms with van der Waals surface area (Å²) in [6.07, 6.45) is 0.971. The van der Waals surface area contributed by atoms with Crippen LogP contribution in [0.1, 0.15) is 18.9 Å². The minimum absolute atomic E-state index is 0.116. The van der Waals surface area contributed by atoms with Gasteiger partial charge < -0.3 is 15.3 Å². The second-order valence-electron chi connectivity index (χ2n) is 4.67. The van der Waals surface area contributed by atoms with Gasteiger partial charge in [0.1, 0.15) is 0 Å². The first-order valence-corrected chi connectivity index (χ1v) is 6.78. The molecule has 1 aromatic carbocycles. The summed E-state index contributed by atoms with van der Waals surface area (Å²) < 4.78 is 0. The van der Waals surface area contributed by atoms with Crippen LogP contribution in [0.25, 0.3) is 0 Å². The summed E-state index contributed by atoms with van der Waals surface area (Å²) in [4.78, 5) is 13.3. The molecule has 1 unspecified atom stereocenters. The maximum absolute atomic E-state index is 11.7. The van der Waals surface area contributed by atoms with Crippen molar-refractivity contribution in [3.63, 3.8) is 0 Å². The molecule has 0 aliphatic heterocycles. The largest absolute Gasteiger partial charge is 0.393 e. The molecule has 0 aliphatic carbocycles. The first kappa shape index (κ1) is 15.8. The number of aliphatic hydroxyl groups is 1. The zero-order chi connectivity index (χ0) is 14.3. The third-order valence-electron chi connectivity index (χ3n) is 2.83. The molecule has 0 heterocycles. The number of amides is 2. The van der Waals surface area contributed by atoms with Crippen molar-refractivity contribution >= 4 is 17.6 Å². The van der Waals surface area contributed by atoms with Gasteiger partial charge in [0, 0.05) is 25.2 Å². The van der Waals surface area contributed by atoms with Gasteiger partial charge in [-0.25, -0.2) is 4.79 Å². The number of hydrogen-bond donors (Lipinski definition) is 2. The molecular weight excluding hydrogens is 264 g/mol. The lowest BCUT2D eigenvalue weighted by Gasteiger charge is -2.18. The van der Waals surface area contributed by atoms with E-state index in [0.29, 0.717) is 24.5 Å². The molecule has 0 aromatic heterocycles. The lowest BCUT2D eigenvalue weighted by Crippen LogP contribution is -2.39. The van der Waals surface area contributed by atoms with E-state index in [1.807, 2.05) is 24.3 Å². The molecule has 2 N–H and O–H groups in total. The van der Waals surface area contributed by atoms with Gasteiger partial charge in [0.05, 0.1) is 6.10 Å². The fraction of sp³-hybridized carbons (Fsp3) is 0.500. The van der Waals surface area contributed by atoms with Gasteiger partial charge >= 0.3 is 6.03 Å². The van der Waals surface area contributed by atoms with Crippen LogP contribution >= 0.6 is 11.6 Å². The van der Waals surface area contributed by atoms with Crippen molar-refractivity contribution in [2.45, 2.75) is 25.9 Å². The molecular formula is C14H21ClN2O2. The number of rotatable bonds is 6. The highest BCUT2D eigenvalue weighted by Crippen LogP contribution is 2.09. The Bertz CT molecular complexity index is 393. The molecule has 106 valence electrons. The summed E-state index contributed by atoms with van der Waals surface area (Å²) in [5.74, 6) is 0. The molecule has 1 atom stereocenters. The standard InChI is InChI=1S/C14H21ClN2O2/c1-11(18)8-10-17(2)14(19)16-9-7-12-3-5-13(15)6-4-12/h3-6,11,18H,7-10H2,1-2H3,(H,16,19). The average Bonchev–Trinajstić information content (AvgIpc) is 2.38. The molecule has 4 nitrogen and oxygen atoms in total. The van der Waals surface area contributed by atoms with Crippen LogP contribution in [0.15, 0.2) is 24.3 Å². The van der Waals surface area contributed by atoms with E-state index in [1.54, 1.807) is 18.9 Å². The predicted octanol–water partition coefficient (Wildman–Crippen LogP) is 2.29. The number of aliphatic hydroxyl groups excluding tert-OH is 1. The van der Waals surface area contributed by atoms with Crippen molar-refractivity contribution in [1.82, 2.24) is 10.2 Å². The Morgan fingerprint density at radius 3 is 2.63 bits per heavy atom. The molecule has 19 heavy (non-hydrogen) atoms. The van der Waals surface area contributed by atoms with Crippen LogP contribution in [0, 0.1) is 0 Å². The maximum atomic E-state index is 11.7. The quantitative estimate of drug-likeness (QED) is 0.842. The monoisotopic (exact) mass is 284 g/mol. The first-order chi connectivity index (χ1) is 8.99. The van der Waals surface area contributed by atoms with E-state index < -0.39 is 0 Å². The van der Waals surface area contributed by atoms with Crippen LogP contribution in [-0.4, -0.2) is 42.3 Å². The average molecular weight is 285 g/mol. The van der Waals surface area contributed by atoms with E-state index in [0.717, 1.165) is 12.0 Å². The van der Waals surface area contributed by atoms with Gasteiger partial charge in [0.2, 0.25) is 0 Å². The Morgan fingerprint density at radius 1 is 1.42 bits per heavy atom. The highest BCUT2D eigenvalue weighted by molar-refractivity contribution is 6.30. The van der Waals surface area contributed by atoms with Gasteiger partial charge in [0.25, 0.3) is 0 Å². The first-order valence-electron chi connectivity index (χ1n) is 6.40. The van der Waals surface area contributed by atoms with E-state index >= 15 is 0 Å². The highest BCUT2D eigenvalue weighted by atomic mass is 35.5. The number of nitrogens with one attached hydrogen (secondary N) is 1. The lowest BCUT2D eigenvalue weighted by atomic mass is 10.1. The van der Waals surface area contributed by atoms with E-state index in [1.165, 1.54) is 0 Å². The number of benzene rings is 1. The van der Waals surface area contributed by atoms with Crippen LogP contribution < -0.4 is 5.32 Å². The van der Waals surface area contributed by atoms with Crippen molar-refractivity contribution in [3.8, 4) is 0 Å². The molecule has 0 spiro atoms. The summed E-state index contributed by atoms with van der Waals surface area (Å²) in [7, 11) is 1.72. The van der Waals surface area contributed by atoms with Gasteiger partial charge in [0.15, 0.2) is 0 Å². The van der Waals surface area contributed by atoms with Crippen molar-refractivity contribution < 1.29 is 9.90 Å². The van der Waals surface area contributed by atoms with Crippen LogP contribution in [0.2, 0.25) is 5.02 Å². The van der Waals surface area contributed by atoms with Crippen molar-refractivity contribution in [3.05, 3.63) is 34.9 Å². The number of halogens is 1. The molecule has 0 saturated heterocycles. The van der Waals surface area contributed by atoms with Crippen molar-refractivity contribution in [1.29, 1.82) is 0 Å². The Kier molecular flexibility index (Phi) is 6.67. The molecule has 0 aliphatic rings. The smallest absolute Gasteiger partial charge is 0.317 e. The van der Waals surface area contributed by atoms with E-state index in [2.05, 4.69) is 5.32 Å². The van der Waals surface area contributed by atoms with Crippen LogP contribution in [0.4, 0.5) is 4.79 Å². The molecule has 1 aromatic rings. The molecule has 0 fully saturated rings. The topological polar surface area (TPSA) is 52.6 Å². The van der Waals surface area contributed by atoms with Crippen molar-refractivity contribution in [2.24, 2.45) is 0 Å². The third-order valence-corrected chi connectivity index (χ3v) is 3.08. The third kappa shape index (κ3) is 6.45. The highest BCUT2D eigenvalue weighted by Gasteiger charge is 2.08. The molecule has 1 rings (SSSR count). The summed E-state index contributed by atoms with van der Waals surface area (Å²) in [5.41, 5.74) is 1.14. The van der Waals surface area contributed by atoms with Gasteiger partial charge in [-0.3, -0.25) is 0 Å². The summed E-state index contributed by atoms with van der Waals surface area (Å²) >= 11 is 5.80. The number of nitrogens with zero attached hydrogens (tertiary/aromatic N) is 1. The van der Waals surface area contributed by atoms with Gasteiger partial charge in [-0.15, -0.1) is 0 Å². The second kappa shape index (κ2) is 8.02. The van der Waals surface area contributed by atoms with Crippen molar-refractivity contribution in [2.75, 3.05) is 20.1 Å². The minimum atomic E-state index is -0.385. The van der Waals surface area contributed by atoms with E-state index in [4.69, 9.17) is 16.7 Å². The summed E-state index contributed by atoms with van der Waals surface area (Å²) in [5, 5.41) is 12.7. The zero-order valence-electron chi connectivity index (χ0n) is 11.4. The maximum Gasteiger partial charge on any atom is 0.317 e. The van der Waals surface area contributed by atoms with Gasteiger partial charge in [-0.2, -0.15) is 0 Å². The van der Waals surface area contributed by atoms with Gasteiger partial charge in [-0.05, 0) is 37.5 Å². The Hall–Kier alpha value is -1.26. The summed E-state index contributed by atoms with van der Waals surface area (Å²) in [6, 6.07) is 7.47. The molecule has 5 heteroatoms. The number of carbonyl (C=O) groups is 1. The molecule has 0 saturated carbocycles. The number of hydrogen-bond acceptors (Lipinski definition) is 2. The normalized spacial score (nSPS) is 12.0. The minimum Gasteiger partial charge on any atom is -0.393 e. The fourth-order valence-electron chi connectivity index (χ4n) is 1.58. The van der Waals surface area contributed by atoms with Crippen LogP contribution in [0.3, 0.4) is 0 Å². The Labute approximate surface area is 119 Å². The lowest BCUT2D eigenvalue weighted by molar-refractivity contribution is 0.163. The SMILES string of the molecule is CC(O)CCN(C)C(=O)NCCc1ccc(Cl)cc1. The second-order valence-corrected chi connectivity index (χ2v) is 5.10. The number of urea groups is 1. The zero-order valence-corrected chi connectivity index (χ0v) is 12.2.